The molecule has 3 rings (SSSR count). The molecule has 0 bridgehead atoms. The Hall–Kier alpha value is -2.74. The van der Waals surface area contributed by atoms with E-state index in [9.17, 15) is 19.2 Å². The molecule has 8 nitrogen and oxygen atoms in total. The highest BCUT2D eigenvalue weighted by Gasteiger charge is 2.40. The van der Waals surface area contributed by atoms with Crippen LogP contribution < -0.4 is 5.32 Å². The first-order valence-corrected chi connectivity index (χ1v) is 8.98. The minimum atomic E-state index is -1.22. The van der Waals surface area contributed by atoms with Gasteiger partial charge in [0.25, 0.3) is 17.7 Å². The van der Waals surface area contributed by atoms with E-state index in [0.29, 0.717) is 0 Å². The summed E-state index contributed by atoms with van der Waals surface area (Å²) in [5.74, 6) is -2.57. The van der Waals surface area contributed by atoms with Crippen molar-refractivity contribution in [2.24, 2.45) is 0 Å². The average Bonchev–Trinajstić information content (AvgIpc) is 2.92. The molecule has 27 heavy (non-hydrogen) atoms. The number of carbonyl (C=O) groups is 4. The predicted molar refractivity (Wildman–Crippen MR) is 94.6 cm³/mol. The first-order valence-electron chi connectivity index (χ1n) is 8.98. The number of benzene rings is 1. The van der Waals surface area contributed by atoms with E-state index < -0.39 is 17.9 Å². The lowest BCUT2D eigenvalue weighted by molar-refractivity contribution is -0.140. The number of carbonyl (C=O) groups excluding carboxylic acids is 3. The molecule has 1 aromatic carbocycles. The van der Waals surface area contributed by atoms with Crippen LogP contribution in [0.15, 0.2) is 18.2 Å². The molecule has 2 N–H and O–H groups in total. The van der Waals surface area contributed by atoms with E-state index >= 15 is 0 Å². The Balaban J connectivity index is 1.81. The number of imide groups is 1. The molecular weight excluding hydrogens is 352 g/mol. The Morgan fingerprint density at radius 3 is 2.48 bits per heavy atom. The number of rotatable bonds is 6. The lowest BCUT2D eigenvalue weighted by Crippen LogP contribution is -2.43. The number of hydrogen-bond acceptors (Lipinski definition) is 5. The molecule has 1 saturated carbocycles. The Labute approximate surface area is 156 Å². The number of fused-ring (bicyclic) bond motifs is 1. The summed E-state index contributed by atoms with van der Waals surface area (Å²) in [6, 6.07) is 2.95. The predicted octanol–water partition coefficient (Wildman–Crippen LogP) is 1.44. The van der Waals surface area contributed by atoms with Gasteiger partial charge in [0.15, 0.2) is 6.04 Å². The fourth-order valence-corrected chi connectivity index (χ4v) is 3.65. The Morgan fingerprint density at radius 1 is 1.19 bits per heavy atom. The Morgan fingerprint density at radius 2 is 1.85 bits per heavy atom. The third-order valence-electron chi connectivity index (χ3n) is 5.06. The molecule has 0 aromatic heterocycles. The van der Waals surface area contributed by atoms with Crippen LogP contribution in [0.1, 0.15) is 63.2 Å². The highest BCUT2D eigenvalue weighted by Crippen LogP contribution is 2.31. The summed E-state index contributed by atoms with van der Waals surface area (Å²) in [4.78, 5) is 50.3. The van der Waals surface area contributed by atoms with E-state index in [1.807, 2.05) is 0 Å². The number of nitrogens with zero attached hydrogens (tertiary/aromatic N) is 1. The second-order valence-electron chi connectivity index (χ2n) is 6.85. The molecular formula is C19H22N2O6. The number of nitrogens with one attached hydrogen (secondary N) is 1. The van der Waals surface area contributed by atoms with E-state index in [1.54, 1.807) is 0 Å². The van der Waals surface area contributed by atoms with Crippen molar-refractivity contribution in [2.75, 3.05) is 13.7 Å². The summed E-state index contributed by atoms with van der Waals surface area (Å²) < 4.78 is 4.79. The van der Waals surface area contributed by atoms with Gasteiger partial charge in [-0.1, -0.05) is 19.3 Å². The van der Waals surface area contributed by atoms with Crippen molar-refractivity contribution in [1.82, 2.24) is 10.2 Å². The molecule has 144 valence electrons. The lowest BCUT2D eigenvalue weighted by atomic mass is 9.94. The van der Waals surface area contributed by atoms with Crippen LogP contribution >= 0.6 is 0 Å². The minimum Gasteiger partial charge on any atom is -0.480 e. The number of hydrogen-bond donors (Lipinski definition) is 2. The number of methoxy groups -OCH3 is 1. The molecule has 0 radical (unpaired) electrons. The zero-order valence-corrected chi connectivity index (χ0v) is 15.1. The quantitative estimate of drug-likeness (QED) is 0.729. The highest BCUT2D eigenvalue weighted by molar-refractivity contribution is 6.22. The van der Waals surface area contributed by atoms with Gasteiger partial charge < -0.3 is 15.2 Å². The van der Waals surface area contributed by atoms with E-state index in [-0.39, 0.29) is 41.2 Å². The second-order valence-corrected chi connectivity index (χ2v) is 6.85. The number of carboxylic acids is 1. The van der Waals surface area contributed by atoms with Crippen molar-refractivity contribution in [2.45, 2.75) is 44.2 Å². The topological polar surface area (TPSA) is 113 Å². The largest absolute Gasteiger partial charge is 0.480 e. The lowest BCUT2D eigenvalue weighted by Gasteiger charge is -2.29. The number of amides is 3. The van der Waals surface area contributed by atoms with Crippen LogP contribution in [0.4, 0.5) is 0 Å². The Kier molecular flexibility index (Phi) is 5.55. The van der Waals surface area contributed by atoms with E-state index in [0.717, 1.165) is 32.1 Å². The van der Waals surface area contributed by atoms with Crippen LogP contribution in [0.2, 0.25) is 0 Å². The summed E-state index contributed by atoms with van der Waals surface area (Å²) in [5.41, 5.74) is 0.605. The van der Waals surface area contributed by atoms with Crippen LogP contribution in [0.5, 0.6) is 0 Å². The molecule has 0 spiro atoms. The summed E-state index contributed by atoms with van der Waals surface area (Å²) in [5, 5.41) is 11.5. The fraction of sp³-hybridized carbons (Fsp3) is 0.474. The SMILES string of the molecule is COCC(NC(=O)c1ccc2c(c1)C(=O)N(C1CCCCC1)C2=O)C(=O)O. The monoisotopic (exact) mass is 374 g/mol. The van der Waals surface area contributed by atoms with Gasteiger partial charge in [-0.3, -0.25) is 19.3 Å². The van der Waals surface area contributed by atoms with Crippen molar-refractivity contribution in [3.05, 3.63) is 34.9 Å². The number of carboxylic acid groups (broad SMARTS) is 1. The summed E-state index contributed by atoms with van der Waals surface area (Å²) in [6.07, 6.45) is 4.69. The number of ether oxygens (including phenoxy) is 1. The zero-order valence-electron chi connectivity index (χ0n) is 15.1. The van der Waals surface area contributed by atoms with Crippen molar-refractivity contribution >= 4 is 23.7 Å². The molecule has 8 heteroatoms. The zero-order chi connectivity index (χ0) is 19.6. The van der Waals surface area contributed by atoms with Crippen molar-refractivity contribution in [3.63, 3.8) is 0 Å². The maximum Gasteiger partial charge on any atom is 0.328 e. The van der Waals surface area contributed by atoms with Crippen molar-refractivity contribution in [1.29, 1.82) is 0 Å². The van der Waals surface area contributed by atoms with Gasteiger partial charge in [-0.25, -0.2) is 4.79 Å². The van der Waals surface area contributed by atoms with Crippen LogP contribution in [-0.2, 0) is 9.53 Å². The summed E-state index contributed by atoms with van der Waals surface area (Å²) >= 11 is 0. The van der Waals surface area contributed by atoms with Gasteiger partial charge in [0.05, 0.1) is 17.7 Å². The maximum atomic E-state index is 12.8. The highest BCUT2D eigenvalue weighted by atomic mass is 16.5. The smallest absolute Gasteiger partial charge is 0.328 e. The Bertz CT molecular complexity index is 784. The van der Waals surface area contributed by atoms with Gasteiger partial charge >= 0.3 is 5.97 Å². The molecule has 1 aromatic rings. The molecule has 3 amide bonds. The van der Waals surface area contributed by atoms with Crippen LogP contribution in [-0.4, -0.2) is 59.5 Å². The molecule has 1 unspecified atom stereocenters. The van der Waals surface area contributed by atoms with E-state index in [2.05, 4.69) is 5.32 Å². The molecule has 1 fully saturated rings. The third-order valence-corrected chi connectivity index (χ3v) is 5.06. The molecule has 1 aliphatic carbocycles. The molecule has 1 aliphatic heterocycles. The molecule has 0 saturated heterocycles. The summed E-state index contributed by atoms with van der Waals surface area (Å²) in [6.45, 7) is -0.182. The normalized spacial score (nSPS) is 18.3. The molecule has 2 aliphatic rings. The minimum absolute atomic E-state index is 0.0958. The van der Waals surface area contributed by atoms with Crippen LogP contribution in [0.25, 0.3) is 0 Å². The molecule has 1 atom stereocenters. The van der Waals surface area contributed by atoms with Crippen molar-refractivity contribution < 1.29 is 29.0 Å². The second kappa shape index (κ2) is 7.87. The van der Waals surface area contributed by atoms with E-state index in [4.69, 9.17) is 9.84 Å². The van der Waals surface area contributed by atoms with Gasteiger partial charge in [0.1, 0.15) is 0 Å². The first kappa shape index (κ1) is 19.0. The van der Waals surface area contributed by atoms with Gasteiger partial charge in [-0.05, 0) is 31.0 Å². The van der Waals surface area contributed by atoms with Gasteiger partial charge in [0.2, 0.25) is 0 Å². The van der Waals surface area contributed by atoms with Gasteiger partial charge in [-0.15, -0.1) is 0 Å². The van der Waals surface area contributed by atoms with Crippen LogP contribution in [0.3, 0.4) is 0 Å². The maximum absolute atomic E-state index is 12.8. The fourth-order valence-electron chi connectivity index (χ4n) is 3.65. The van der Waals surface area contributed by atoms with Gasteiger partial charge in [-0.2, -0.15) is 0 Å². The van der Waals surface area contributed by atoms with Crippen LogP contribution in [0, 0.1) is 0 Å². The van der Waals surface area contributed by atoms with Crippen molar-refractivity contribution in [3.8, 4) is 0 Å². The first-order chi connectivity index (χ1) is 12.9. The average molecular weight is 374 g/mol. The third kappa shape index (κ3) is 3.71. The standard InChI is InChI=1S/C19H22N2O6/c1-27-10-15(19(25)26)20-16(22)11-7-8-13-14(9-11)18(24)21(17(13)23)12-5-3-2-4-6-12/h7-9,12,15H,2-6,10H2,1H3,(H,20,22)(H,25,26). The molecule has 1 heterocycles. The van der Waals surface area contributed by atoms with Gasteiger partial charge in [0, 0.05) is 18.7 Å². The summed E-state index contributed by atoms with van der Waals surface area (Å²) in [7, 11) is 1.33. The number of aliphatic carboxylic acids is 1. The van der Waals surface area contributed by atoms with E-state index in [1.165, 1.54) is 30.2 Å².